The Morgan fingerprint density at radius 2 is 1.86 bits per heavy atom. The van der Waals surface area contributed by atoms with Crippen LogP contribution in [-0.4, -0.2) is 18.3 Å². The zero-order valence-electron chi connectivity index (χ0n) is 8.55. The molecule has 0 saturated carbocycles. The van der Waals surface area contributed by atoms with E-state index in [1.165, 1.54) is 0 Å². The lowest BCUT2D eigenvalue weighted by molar-refractivity contribution is 0.171. The Hall–Kier alpha value is -0.540. The van der Waals surface area contributed by atoms with E-state index < -0.39 is 0 Å². The van der Waals surface area contributed by atoms with Crippen molar-refractivity contribution in [3.63, 3.8) is 0 Å². The molecular formula is C11H16BrNO. The summed E-state index contributed by atoms with van der Waals surface area (Å²) in [6.07, 6.45) is 0. The summed E-state index contributed by atoms with van der Waals surface area (Å²) in [7, 11) is 0. The molecule has 1 aromatic rings. The van der Waals surface area contributed by atoms with Gasteiger partial charge in [0, 0.05) is 28.7 Å². The van der Waals surface area contributed by atoms with Gasteiger partial charge in [-0.15, -0.1) is 0 Å². The summed E-state index contributed by atoms with van der Waals surface area (Å²) in [4.78, 5) is 0. The van der Waals surface area contributed by atoms with Crippen molar-refractivity contribution in [2.24, 2.45) is 5.41 Å². The van der Waals surface area contributed by atoms with Gasteiger partial charge < -0.3 is 10.4 Å². The summed E-state index contributed by atoms with van der Waals surface area (Å²) in [6.45, 7) is 5.01. The van der Waals surface area contributed by atoms with Crippen molar-refractivity contribution in [3.8, 4) is 0 Å². The minimum atomic E-state index is -0.0763. The predicted octanol–water partition coefficient (Wildman–Crippen LogP) is 2.88. The fourth-order valence-corrected chi connectivity index (χ4v) is 1.23. The van der Waals surface area contributed by atoms with Crippen molar-refractivity contribution >= 4 is 21.6 Å². The highest BCUT2D eigenvalue weighted by Gasteiger charge is 2.15. The van der Waals surface area contributed by atoms with Crippen molar-refractivity contribution in [2.45, 2.75) is 13.8 Å². The zero-order valence-corrected chi connectivity index (χ0v) is 10.1. The standard InChI is InChI=1S/C11H16BrNO/c1-11(2,8-14)7-13-10-5-3-9(12)4-6-10/h3-6,13-14H,7-8H2,1-2H3. The number of nitrogens with one attached hydrogen (secondary N) is 1. The van der Waals surface area contributed by atoms with Crippen molar-refractivity contribution in [1.29, 1.82) is 0 Å². The number of hydrogen-bond acceptors (Lipinski definition) is 2. The van der Waals surface area contributed by atoms with E-state index in [1.54, 1.807) is 0 Å². The Bertz CT molecular complexity index is 282. The Balaban J connectivity index is 2.50. The molecule has 0 radical (unpaired) electrons. The van der Waals surface area contributed by atoms with Gasteiger partial charge in [0.1, 0.15) is 0 Å². The van der Waals surface area contributed by atoms with E-state index in [2.05, 4.69) is 21.2 Å². The highest BCUT2D eigenvalue weighted by atomic mass is 79.9. The van der Waals surface area contributed by atoms with Crippen LogP contribution in [0.3, 0.4) is 0 Å². The molecule has 0 amide bonds. The van der Waals surface area contributed by atoms with Crippen molar-refractivity contribution < 1.29 is 5.11 Å². The molecule has 0 unspecified atom stereocenters. The highest BCUT2D eigenvalue weighted by molar-refractivity contribution is 9.10. The molecule has 78 valence electrons. The fourth-order valence-electron chi connectivity index (χ4n) is 0.965. The van der Waals surface area contributed by atoms with Gasteiger partial charge in [0.2, 0.25) is 0 Å². The third-order valence-corrected chi connectivity index (χ3v) is 2.57. The van der Waals surface area contributed by atoms with Crippen LogP contribution in [0.1, 0.15) is 13.8 Å². The topological polar surface area (TPSA) is 32.3 Å². The summed E-state index contributed by atoms with van der Waals surface area (Å²) in [6, 6.07) is 8.01. The molecule has 0 aliphatic carbocycles. The molecule has 1 rings (SSSR count). The molecule has 0 heterocycles. The zero-order chi connectivity index (χ0) is 10.6. The Morgan fingerprint density at radius 3 is 2.36 bits per heavy atom. The van der Waals surface area contributed by atoms with Crippen molar-refractivity contribution in [2.75, 3.05) is 18.5 Å². The number of anilines is 1. The lowest BCUT2D eigenvalue weighted by atomic mass is 9.95. The maximum atomic E-state index is 9.07. The Labute approximate surface area is 93.5 Å². The number of benzene rings is 1. The van der Waals surface area contributed by atoms with Crippen LogP contribution in [0.5, 0.6) is 0 Å². The summed E-state index contributed by atoms with van der Waals surface area (Å²) >= 11 is 3.38. The molecule has 0 aromatic heterocycles. The summed E-state index contributed by atoms with van der Waals surface area (Å²) < 4.78 is 1.07. The molecule has 0 spiro atoms. The van der Waals surface area contributed by atoms with E-state index in [1.807, 2.05) is 38.1 Å². The summed E-state index contributed by atoms with van der Waals surface area (Å²) in [5, 5.41) is 12.4. The van der Waals surface area contributed by atoms with Crippen LogP contribution in [-0.2, 0) is 0 Å². The highest BCUT2D eigenvalue weighted by Crippen LogP contribution is 2.17. The first-order chi connectivity index (χ1) is 6.53. The fraction of sp³-hybridized carbons (Fsp3) is 0.455. The van der Waals surface area contributed by atoms with E-state index >= 15 is 0 Å². The van der Waals surface area contributed by atoms with E-state index in [9.17, 15) is 0 Å². The maximum Gasteiger partial charge on any atom is 0.0498 e. The van der Waals surface area contributed by atoms with Gasteiger partial charge in [-0.05, 0) is 24.3 Å². The van der Waals surface area contributed by atoms with Crippen LogP contribution in [0.4, 0.5) is 5.69 Å². The SMILES string of the molecule is CC(C)(CO)CNc1ccc(Br)cc1. The molecule has 0 aliphatic rings. The lowest BCUT2D eigenvalue weighted by Crippen LogP contribution is -2.26. The molecule has 0 atom stereocenters. The lowest BCUT2D eigenvalue weighted by Gasteiger charge is -2.22. The molecule has 3 heteroatoms. The number of aliphatic hydroxyl groups is 1. The maximum absolute atomic E-state index is 9.07. The second-order valence-corrected chi connectivity index (χ2v) is 5.10. The number of rotatable bonds is 4. The first-order valence-corrected chi connectivity index (χ1v) is 5.43. The van der Waals surface area contributed by atoms with Crippen LogP contribution >= 0.6 is 15.9 Å². The van der Waals surface area contributed by atoms with E-state index in [4.69, 9.17) is 5.11 Å². The predicted molar refractivity (Wildman–Crippen MR) is 63.5 cm³/mol. The van der Waals surface area contributed by atoms with Crippen LogP contribution in [0, 0.1) is 5.41 Å². The number of hydrogen-bond donors (Lipinski definition) is 2. The minimum Gasteiger partial charge on any atom is -0.396 e. The Morgan fingerprint density at radius 1 is 1.29 bits per heavy atom. The van der Waals surface area contributed by atoms with Crippen LogP contribution in [0.2, 0.25) is 0 Å². The van der Waals surface area contributed by atoms with Crippen molar-refractivity contribution in [3.05, 3.63) is 28.7 Å². The third-order valence-electron chi connectivity index (χ3n) is 2.04. The second-order valence-electron chi connectivity index (χ2n) is 4.18. The quantitative estimate of drug-likeness (QED) is 0.870. The number of aliphatic hydroxyl groups excluding tert-OH is 1. The van der Waals surface area contributed by atoms with Gasteiger partial charge in [-0.25, -0.2) is 0 Å². The summed E-state index contributed by atoms with van der Waals surface area (Å²) in [5.74, 6) is 0. The van der Waals surface area contributed by atoms with Gasteiger partial charge in [-0.2, -0.15) is 0 Å². The van der Waals surface area contributed by atoms with Gasteiger partial charge in [0.25, 0.3) is 0 Å². The molecule has 0 fully saturated rings. The van der Waals surface area contributed by atoms with Gasteiger partial charge in [-0.3, -0.25) is 0 Å². The first-order valence-electron chi connectivity index (χ1n) is 4.64. The van der Waals surface area contributed by atoms with Gasteiger partial charge >= 0.3 is 0 Å². The second kappa shape index (κ2) is 4.80. The van der Waals surface area contributed by atoms with E-state index in [0.717, 1.165) is 16.7 Å². The van der Waals surface area contributed by atoms with Crippen LogP contribution < -0.4 is 5.32 Å². The Kier molecular flexibility index (Phi) is 3.96. The van der Waals surface area contributed by atoms with E-state index in [0.29, 0.717) is 0 Å². The van der Waals surface area contributed by atoms with Gasteiger partial charge in [0.15, 0.2) is 0 Å². The molecule has 0 aliphatic heterocycles. The normalized spacial score (nSPS) is 11.4. The molecule has 1 aromatic carbocycles. The first kappa shape index (κ1) is 11.5. The van der Waals surface area contributed by atoms with Crippen molar-refractivity contribution in [1.82, 2.24) is 0 Å². The van der Waals surface area contributed by atoms with E-state index in [-0.39, 0.29) is 12.0 Å². The van der Waals surface area contributed by atoms with Gasteiger partial charge in [-0.1, -0.05) is 29.8 Å². The summed E-state index contributed by atoms with van der Waals surface area (Å²) in [5.41, 5.74) is 1.00. The number of halogens is 1. The van der Waals surface area contributed by atoms with Crippen LogP contribution in [0.15, 0.2) is 28.7 Å². The van der Waals surface area contributed by atoms with Crippen LogP contribution in [0.25, 0.3) is 0 Å². The average Bonchev–Trinajstić information content (AvgIpc) is 2.17. The minimum absolute atomic E-state index is 0.0763. The molecule has 2 nitrogen and oxygen atoms in total. The monoisotopic (exact) mass is 257 g/mol. The average molecular weight is 258 g/mol. The molecular weight excluding hydrogens is 242 g/mol. The third kappa shape index (κ3) is 3.68. The van der Waals surface area contributed by atoms with Gasteiger partial charge in [0.05, 0.1) is 0 Å². The molecule has 0 saturated heterocycles. The smallest absolute Gasteiger partial charge is 0.0498 e. The molecule has 0 bridgehead atoms. The molecule has 14 heavy (non-hydrogen) atoms. The largest absolute Gasteiger partial charge is 0.396 e. The molecule has 2 N–H and O–H groups in total.